The molecule has 4 heteroatoms. The van der Waals surface area contributed by atoms with Crippen LogP contribution in [-0.4, -0.2) is 30.7 Å². The zero-order valence-electron chi connectivity index (χ0n) is 14.4. The van der Waals surface area contributed by atoms with Crippen LogP contribution in [0.4, 0.5) is 0 Å². The molecule has 0 heterocycles. The highest BCUT2D eigenvalue weighted by atomic mass is 15.3. The van der Waals surface area contributed by atoms with Gasteiger partial charge in [-0.05, 0) is 25.7 Å². The molecule has 0 aromatic heterocycles. The Labute approximate surface area is 127 Å². The lowest BCUT2D eigenvalue weighted by Crippen LogP contribution is -2.50. The molecule has 0 atom stereocenters. The molecule has 4 nitrogen and oxygen atoms in total. The third kappa shape index (κ3) is 12.4. The second-order valence-electron chi connectivity index (χ2n) is 5.77. The predicted molar refractivity (Wildman–Crippen MR) is 89.3 cm³/mol. The van der Waals surface area contributed by atoms with Crippen molar-refractivity contribution in [3.63, 3.8) is 0 Å². The largest absolute Gasteiger partial charge is 0.427 e. The standard InChI is InChI=1S/C16H36N.H2N3/c1-5-9-13-17(14-10-6-2,15-11-7-3)16-12-8-4;1-3-2/h5-16H2,1-4H3;(H2-,1,2)/q+1;-1. The Kier molecular flexibility index (Phi) is 17.8. The van der Waals surface area contributed by atoms with Crippen LogP contribution in [-0.2, 0) is 0 Å². The first-order valence-corrected chi connectivity index (χ1v) is 8.55. The van der Waals surface area contributed by atoms with Crippen molar-refractivity contribution in [1.29, 1.82) is 0 Å². The van der Waals surface area contributed by atoms with Gasteiger partial charge in [-0.3, -0.25) is 5.22 Å². The Balaban J connectivity index is 0. The predicted octanol–water partition coefficient (Wildman–Crippen LogP) is 4.89. The molecule has 0 aromatic rings. The van der Waals surface area contributed by atoms with Gasteiger partial charge in [0.15, 0.2) is 0 Å². The quantitative estimate of drug-likeness (QED) is 0.236. The number of quaternary nitrogens is 1. The molecule has 0 saturated heterocycles. The first-order chi connectivity index (χ1) is 9.66. The average Bonchev–Trinajstić information content (AvgIpc) is 2.46. The Morgan fingerprint density at radius 1 is 0.700 bits per heavy atom. The zero-order valence-corrected chi connectivity index (χ0v) is 14.4. The summed E-state index contributed by atoms with van der Waals surface area (Å²) >= 11 is 0. The fraction of sp³-hybridized carbons (Fsp3) is 1.00. The molecule has 2 N–H and O–H groups in total. The summed E-state index contributed by atoms with van der Waals surface area (Å²) in [6, 6.07) is 0. The minimum atomic E-state index is 1.35. The van der Waals surface area contributed by atoms with Gasteiger partial charge in [-0.25, -0.2) is 0 Å². The van der Waals surface area contributed by atoms with Crippen molar-refractivity contribution in [3.05, 3.63) is 5.53 Å². The molecular weight excluding hydrogens is 248 g/mol. The molecule has 0 radical (unpaired) electrons. The van der Waals surface area contributed by atoms with E-state index in [0.717, 1.165) is 0 Å². The van der Waals surface area contributed by atoms with Gasteiger partial charge in [0, 0.05) is 0 Å². The average molecular weight is 287 g/mol. The van der Waals surface area contributed by atoms with E-state index in [1.807, 2.05) is 5.22 Å². The number of unbranched alkanes of at least 4 members (excludes halogenated alkanes) is 4. The molecule has 0 rings (SSSR count). The molecule has 0 spiro atoms. The van der Waals surface area contributed by atoms with Crippen molar-refractivity contribution in [3.8, 4) is 0 Å². The molecule has 0 amide bonds. The summed E-state index contributed by atoms with van der Waals surface area (Å²) in [6.07, 6.45) is 11.1. The zero-order chi connectivity index (χ0) is 15.7. The highest BCUT2D eigenvalue weighted by Crippen LogP contribution is 2.16. The Morgan fingerprint density at radius 3 is 1.05 bits per heavy atom. The summed E-state index contributed by atoms with van der Waals surface area (Å²) in [4.78, 5) is 0. The summed E-state index contributed by atoms with van der Waals surface area (Å²) in [7, 11) is 0. The van der Waals surface area contributed by atoms with E-state index in [1.165, 1.54) is 82.0 Å². The van der Waals surface area contributed by atoms with Crippen molar-refractivity contribution in [2.75, 3.05) is 26.2 Å². The maximum Gasteiger partial charge on any atom is 0.0786 e. The Morgan fingerprint density at radius 2 is 0.900 bits per heavy atom. The molecule has 0 aliphatic carbocycles. The van der Waals surface area contributed by atoms with E-state index < -0.39 is 0 Å². The monoisotopic (exact) mass is 286 g/mol. The van der Waals surface area contributed by atoms with Crippen LogP contribution in [0.5, 0.6) is 0 Å². The lowest BCUT2D eigenvalue weighted by atomic mass is 10.1. The van der Waals surface area contributed by atoms with Crippen LogP contribution in [0, 0.1) is 0 Å². The number of hydrogen-bond acceptors (Lipinski definition) is 1. The minimum absolute atomic E-state index is 1.35. The maximum atomic E-state index is 6.97. The molecule has 0 bridgehead atoms. The number of nitrogens with zero attached hydrogens (tertiary/aromatic N) is 3. The van der Waals surface area contributed by atoms with Crippen LogP contribution in [0.1, 0.15) is 79.1 Å². The van der Waals surface area contributed by atoms with Crippen LogP contribution in [0.15, 0.2) is 5.22 Å². The highest BCUT2D eigenvalue weighted by molar-refractivity contribution is 4.49. The SMILES string of the molecule is CCCC[N+](CCCC)(CCCC)CCCC.[N-]=NN. The van der Waals surface area contributed by atoms with Gasteiger partial charge in [-0.2, -0.15) is 0 Å². The Hall–Kier alpha value is -0.640. The summed E-state index contributed by atoms with van der Waals surface area (Å²) < 4.78 is 1.42. The van der Waals surface area contributed by atoms with E-state index >= 15 is 0 Å². The lowest BCUT2D eigenvalue weighted by Gasteiger charge is -2.39. The molecule has 0 unspecified atom stereocenters. The second kappa shape index (κ2) is 16.4. The molecule has 122 valence electrons. The van der Waals surface area contributed by atoms with Crippen molar-refractivity contribution in [2.24, 2.45) is 11.1 Å². The third-order valence-corrected chi connectivity index (χ3v) is 3.94. The van der Waals surface area contributed by atoms with Gasteiger partial charge in [-0.15, -0.1) is 0 Å². The third-order valence-electron chi connectivity index (χ3n) is 3.94. The van der Waals surface area contributed by atoms with E-state index in [0.29, 0.717) is 0 Å². The van der Waals surface area contributed by atoms with E-state index in [2.05, 4.69) is 33.5 Å². The molecule has 0 aromatic carbocycles. The van der Waals surface area contributed by atoms with Crippen LogP contribution < -0.4 is 5.84 Å². The molecule has 20 heavy (non-hydrogen) atoms. The van der Waals surface area contributed by atoms with Crippen LogP contribution in [0.3, 0.4) is 0 Å². The van der Waals surface area contributed by atoms with E-state index in [4.69, 9.17) is 5.53 Å². The fourth-order valence-corrected chi connectivity index (χ4v) is 2.64. The van der Waals surface area contributed by atoms with Gasteiger partial charge in [0.2, 0.25) is 0 Å². The molecule has 0 fully saturated rings. The number of hydrogen-bond donors (Lipinski definition) is 1. The molecule has 0 saturated carbocycles. The molecular formula is C16H38N4. The summed E-state index contributed by atoms with van der Waals surface area (Å²) in [5.74, 6) is 4.03. The highest BCUT2D eigenvalue weighted by Gasteiger charge is 2.24. The Bertz CT molecular complexity index is 157. The van der Waals surface area contributed by atoms with Crippen molar-refractivity contribution in [2.45, 2.75) is 79.1 Å². The van der Waals surface area contributed by atoms with Crippen molar-refractivity contribution < 1.29 is 4.48 Å². The van der Waals surface area contributed by atoms with Crippen molar-refractivity contribution >= 4 is 0 Å². The summed E-state index contributed by atoms with van der Waals surface area (Å²) in [5, 5.41) is 2.00. The normalized spacial score (nSPS) is 10.8. The molecule has 0 aliphatic heterocycles. The van der Waals surface area contributed by atoms with Gasteiger partial charge >= 0.3 is 0 Å². The minimum Gasteiger partial charge on any atom is -0.427 e. The fourth-order valence-electron chi connectivity index (χ4n) is 2.64. The number of rotatable bonds is 12. The van der Waals surface area contributed by atoms with E-state index in [1.54, 1.807) is 0 Å². The number of nitrogens with two attached hydrogens (primary N) is 1. The summed E-state index contributed by atoms with van der Waals surface area (Å²) in [6.45, 7) is 15.0. The van der Waals surface area contributed by atoms with Gasteiger partial charge in [0.1, 0.15) is 0 Å². The second-order valence-corrected chi connectivity index (χ2v) is 5.77. The van der Waals surface area contributed by atoms with Crippen LogP contribution in [0.2, 0.25) is 0 Å². The van der Waals surface area contributed by atoms with E-state index in [9.17, 15) is 0 Å². The molecule has 0 aliphatic rings. The van der Waals surface area contributed by atoms with Gasteiger partial charge < -0.3 is 15.9 Å². The first-order valence-electron chi connectivity index (χ1n) is 8.55. The van der Waals surface area contributed by atoms with Crippen LogP contribution >= 0.6 is 0 Å². The summed E-state index contributed by atoms with van der Waals surface area (Å²) in [5.41, 5.74) is 6.97. The van der Waals surface area contributed by atoms with Gasteiger partial charge in [-0.1, -0.05) is 53.4 Å². The smallest absolute Gasteiger partial charge is 0.0786 e. The van der Waals surface area contributed by atoms with Crippen molar-refractivity contribution in [1.82, 2.24) is 0 Å². The maximum absolute atomic E-state index is 6.97. The lowest BCUT2D eigenvalue weighted by molar-refractivity contribution is -0.929. The van der Waals surface area contributed by atoms with Crippen LogP contribution in [0.25, 0.3) is 5.53 Å². The topological polar surface area (TPSA) is 60.7 Å². The first kappa shape index (κ1) is 21.7. The van der Waals surface area contributed by atoms with Gasteiger partial charge in [0.05, 0.1) is 26.2 Å². The van der Waals surface area contributed by atoms with E-state index in [-0.39, 0.29) is 0 Å². The van der Waals surface area contributed by atoms with Gasteiger partial charge in [0.25, 0.3) is 0 Å².